The molecule has 1 fully saturated rings. The molecule has 0 bridgehead atoms. The van der Waals surface area contributed by atoms with Gasteiger partial charge in [0.25, 0.3) is 5.91 Å². The number of amides is 2. The number of benzene rings is 2. The highest BCUT2D eigenvalue weighted by Gasteiger charge is 2.41. The van der Waals surface area contributed by atoms with E-state index in [9.17, 15) is 22.8 Å². The summed E-state index contributed by atoms with van der Waals surface area (Å²) in [6, 6.07) is 9.76. The van der Waals surface area contributed by atoms with E-state index in [1.807, 2.05) is 0 Å². The number of ether oxygens (including phenoxy) is 3. The number of carbonyl (C=O) groups excluding carboxylic acids is 2. The van der Waals surface area contributed by atoms with E-state index in [2.05, 4.69) is 5.32 Å². The second-order valence-corrected chi connectivity index (χ2v) is 8.25. The molecule has 182 valence electrons. The molecule has 2 aliphatic heterocycles. The van der Waals surface area contributed by atoms with E-state index in [-0.39, 0.29) is 31.7 Å². The van der Waals surface area contributed by atoms with Gasteiger partial charge in [-0.3, -0.25) is 9.59 Å². The Balaban J connectivity index is 1.57. The average Bonchev–Trinajstić information content (AvgIpc) is 3.48. The van der Waals surface area contributed by atoms with E-state index in [1.54, 1.807) is 31.4 Å². The molecule has 0 saturated carbocycles. The first-order valence-electron chi connectivity index (χ1n) is 10.9. The standard InChI is InChI=1S/C24H25F3N2O5/c1-32-9-3-8-28-22(30)19-13-29(23(31)16-6-7-20-21(11-16)34-14-33-20)12-18(19)15-4-2-5-17(10-15)24(25,26)27/h2,4-7,10-11,18-19H,3,8-9,12-14H2,1H3,(H,28,30). The van der Waals surface area contributed by atoms with Crippen LogP contribution in [0.5, 0.6) is 11.5 Å². The molecular formula is C24H25F3N2O5. The first-order chi connectivity index (χ1) is 16.3. The molecule has 2 heterocycles. The fourth-order valence-electron chi connectivity index (χ4n) is 4.29. The molecule has 2 atom stereocenters. The second-order valence-electron chi connectivity index (χ2n) is 8.25. The molecule has 0 aliphatic carbocycles. The number of fused-ring (bicyclic) bond motifs is 1. The second kappa shape index (κ2) is 9.92. The van der Waals surface area contributed by atoms with Crippen LogP contribution in [0.4, 0.5) is 13.2 Å². The SMILES string of the molecule is COCCCNC(=O)C1CN(C(=O)c2ccc3c(c2)OCO3)CC1c1cccc(C(F)(F)F)c1. The number of alkyl halides is 3. The van der Waals surface area contributed by atoms with Gasteiger partial charge in [-0.25, -0.2) is 0 Å². The molecule has 2 aliphatic rings. The van der Waals surface area contributed by atoms with Gasteiger partial charge in [-0.05, 0) is 36.2 Å². The summed E-state index contributed by atoms with van der Waals surface area (Å²) < 4.78 is 55.5. The number of rotatable bonds is 7. The van der Waals surface area contributed by atoms with Gasteiger partial charge in [-0.1, -0.05) is 18.2 Å². The number of nitrogens with zero attached hydrogens (tertiary/aromatic N) is 1. The smallest absolute Gasteiger partial charge is 0.416 e. The topological polar surface area (TPSA) is 77.1 Å². The first-order valence-corrected chi connectivity index (χ1v) is 10.9. The number of likely N-dealkylation sites (tertiary alicyclic amines) is 1. The van der Waals surface area contributed by atoms with Crippen molar-refractivity contribution in [2.24, 2.45) is 5.92 Å². The molecule has 2 unspecified atom stereocenters. The van der Waals surface area contributed by atoms with Gasteiger partial charge in [0.1, 0.15) is 0 Å². The summed E-state index contributed by atoms with van der Waals surface area (Å²) >= 11 is 0. The van der Waals surface area contributed by atoms with Crippen molar-refractivity contribution in [3.8, 4) is 11.5 Å². The zero-order chi connectivity index (χ0) is 24.3. The summed E-state index contributed by atoms with van der Waals surface area (Å²) in [5, 5.41) is 2.82. The number of hydrogen-bond acceptors (Lipinski definition) is 5. The monoisotopic (exact) mass is 478 g/mol. The number of nitrogens with one attached hydrogen (secondary N) is 1. The molecule has 2 aromatic carbocycles. The van der Waals surface area contributed by atoms with E-state index >= 15 is 0 Å². The summed E-state index contributed by atoms with van der Waals surface area (Å²) in [5.41, 5.74) is -0.0640. The van der Waals surface area contributed by atoms with Crippen LogP contribution >= 0.6 is 0 Å². The van der Waals surface area contributed by atoms with Crippen molar-refractivity contribution in [2.45, 2.75) is 18.5 Å². The fourth-order valence-corrected chi connectivity index (χ4v) is 4.29. The largest absolute Gasteiger partial charge is 0.454 e. The highest BCUT2D eigenvalue weighted by molar-refractivity contribution is 5.96. The minimum atomic E-state index is -4.51. The van der Waals surface area contributed by atoms with E-state index in [4.69, 9.17) is 14.2 Å². The Bertz CT molecular complexity index is 1060. The van der Waals surface area contributed by atoms with E-state index in [0.29, 0.717) is 42.2 Å². The van der Waals surface area contributed by atoms with Gasteiger partial charge in [0.15, 0.2) is 11.5 Å². The maximum atomic E-state index is 13.3. The molecule has 7 nitrogen and oxygen atoms in total. The summed E-state index contributed by atoms with van der Waals surface area (Å²) in [4.78, 5) is 27.7. The van der Waals surface area contributed by atoms with Crippen LogP contribution in [-0.2, 0) is 15.7 Å². The molecule has 2 amide bonds. The molecule has 0 aromatic heterocycles. The molecule has 10 heteroatoms. The Morgan fingerprint density at radius 2 is 1.91 bits per heavy atom. The van der Waals surface area contributed by atoms with Gasteiger partial charge in [-0.15, -0.1) is 0 Å². The Kier molecular flexibility index (Phi) is 6.97. The van der Waals surface area contributed by atoms with Crippen molar-refractivity contribution < 1.29 is 37.0 Å². The lowest BCUT2D eigenvalue weighted by molar-refractivity contribution is -0.137. The maximum Gasteiger partial charge on any atom is 0.416 e. The van der Waals surface area contributed by atoms with Gasteiger partial charge < -0.3 is 24.4 Å². The normalized spacial score (nSPS) is 19.4. The van der Waals surface area contributed by atoms with Gasteiger partial charge in [0.05, 0.1) is 11.5 Å². The maximum absolute atomic E-state index is 13.3. The molecular weight excluding hydrogens is 453 g/mol. The zero-order valence-corrected chi connectivity index (χ0v) is 18.6. The van der Waals surface area contributed by atoms with Crippen LogP contribution in [0.25, 0.3) is 0 Å². The summed E-state index contributed by atoms with van der Waals surface area (Å²) in [6.45, 7) is 1.11. The Hall–Kier alpha value is -3.27. The predicted octanol–water partition coefficient (Wildman–Crippen LogP) is 3.44. The van der Waals surface area contributed by atoms with E-state index < -0.39 is 23.6 Å². The molecule has 1 saturated heterocycles. The number of methoxy groups -OCH3 is 1. The third-order valence-electron chi connectivity index (χ3n) is 6.03. The van der Waals surface area contributed by atoms with Crippen LogP contribution < -0.4 is 14.8 Å². The Labute approximate surface area is 194 Å². The quantitative estimate of drug-likeness (QED) is 0.617. The summed E-state index contributed by atoms with van der Waals surface area (Å²) in [7, 11) is 1.56. The van der Waals surface area contributed by atoms with Gasteiger partial charge in [0, 0.05) is 44.8 Å². The van der Waals surface area contributed by atoms with Crippen molar-refractivity contribution in [1.29, 1.82) is 0 Å². The third-order valence-corrected chi connectivity index (χ3v) is 6.03. The lowest BCUT2D eigenvalue weighted by Crippen LogP contribution is -2.36. The predicted molar refractivity (Wildman–Crippen MR) is 116 cm³/mol. The Morgan fingerprint density at radius 1 is 1.12 bits per heavy atom. The third kappa shape index (κ3) is 5.11. The van der Waals surface area contributed by atoms with Crippen molar-refractivity contribution in [1.82, 2.24) is 10.2 Å². The van der Waals surface area contributed by atoms with Gasteiger partial charge in [0.2, 0.25) is 12.7 Å². The summed E-state index contributed by atoms with van der Waals surface area (Å²) in [5.74, 6) is -0.920. The minimum absolute atomic E-state index is 0.0691. The Morgan fingerprint density at radius 3 is 2.68 bits per heavy atom. The lowest BCUT2D eigenvalue weighted by atomic mass is 9.87. The van der Waals surface area contributed by atoms with Gasteiger partial charge in [-0.2, -0.15) is 13.2 Å². The summed E-state index contributed by atoms with van der Waals surface area (Å²) in [6.07, 6.45) is -3.91. The van der Waals surface area contributed by atoms with Crippen LogP contribution in [0, 0.1) is 5.92 Å². The van der Waals surface area contributed by atoms with Crippen molar-refractivity contribution in [3.63, 3.8) is 0 Å². The molecule has 1 N–H and O–H groups in total. The van der Waals surface area contributed by atoms with Crippen LogP contribution in [0.15, 0.2) is 42.5 Å². The number of hydrogen-bond donors (Lipinski definition) is 1. The van der Waals surface area contributed by atoms with Crippen LogP contribution in [0.3, 0.4) is 0 Å². The van der Waals surface area contributed by atoms with Gasteiger partial charge >= 0.3 is 6.18 Å². The van der Waals surface area contributed by atoms with Crippen molar-refractivity contribution >= 4 is 11.8 Å². The molecule has 4 rings (SSSR count). The highest BCUT2D eigenvalue weighted by Crippen LogP contribution is 2.38. The molecule has 34 heavy (non-hydrogen) atoms. The van der Waals surface area contributed by atoms with E-state index in [0.717, 1.165) is 12.1 Å². The first kappa shape index (κ1) is 23.9. The number of halogens is 3. The van der Waals surface area contributed by atoms with Crippen LogP contribution in [0.2, 0.25) is 0 Å². The molecule has 0 radical (unpaired) electrons. The lowest BCUT2D eigenvalue weighted by Gasteiger charge is -2.19. The van der Waals surface area contributed by atoms with Crippen LogP contribution in [-0.4, -0.2) is 56.9 Å². The van der Waals surface area contributed by atoms with E-state index in [1.165, 1.54) is 11.0 Å². The molecule has 2 aromatic rings. The highest BCUT2D eigenvalue weighted by atomic mass is 19.4. The fraction of sp³-hybridized carbons (Fsp3) is 0.417. The molecule has 0 spiro atoms. The average molecular weight is 478 g/mol. The number of carbonyl (C=O) groups is 2. The van der Waals surface area contributed by atoms with Crippen LogP contribution in [0.1, 0.15) is 33.8 Å². The van der Waals surface area contributed by atoms with Crippen molar-refractivity contribution in [2.75, 3.05) is 40.1 Å². The minimum Gasteiger partial charge on any atom is -0.454 e. The van der Waals surface area contributed by atoms with Crippen molar-refractivity contribution in [3.05, 3.63) is 59.2 Å². The zero-order valence-electron chi connectivity index (χ0n) is 18.6.